The first kappa shape index (κ1) is 15.5. The van der Waals surface area contributed by atoms with Crippen LogP contribution in [0.5, 0.6) is 11.5 Å². The zero-order valence-corrected chi connectivity index (χ0v) is 10.2. The average Bonchev–Trinajstić information content (AvgIpc) is 2.16. The molecule has 0 amide bonds. The van der Waals surface area contributed by atoms with Gasteiger partial charge in [-0.05, 0) is 24.6 Å². The normalized spacial score (nSPS) is 11.4. The fraction of sp³-hybridized carbons (Fsp3) is 0.364. The number of benzene rings is 1. The topological polar surface area (TPSA) is 92.8 Å². The van der Waals surface area contributed by atoms with Gasteiger partial charge < -0.3 is 20.7 Å². The van der Waals surface area contributed by atoms with E-state index >= 15 is 0 Å². The minimum Gasteiger partial charge on any atom is -0.508 e. The highest BCUT2D eigenvalue weighted by Crippen LogP contribution is 2.25. The van der Waals surface area contributed by atoms with Gasteiger partial charge in [0.25, 0.3) is 0 Å². The number of aromatic hydroxyl groups is 2. The van der Waals surface area contributed by atoms with Crippen molar-refractivity contribution in [3.63, 3.8) is 0 Å². The van der Waals surface area contributed by atoms with Crippen LogP contribution in [0.25, 0.3) is 0 Å². The second-order valence-electron chi connectivity index (χ2n) is 3.40. The maximum atomic E-state index is 11.2. The van der Waals surface area contributed by atoms with Gasteiger partial charge in [0.1, 0.15) is 11.5 Å². The number of phenols is 2. The molecule has 0 saturated heterocycles. The van der Waals surface area contributed by atoms with Gasteiger partial charge >= 0.3 is 5.97 Å². The molecule has 1 aromatic carbocycles. The summed E-state index contributed by atoms with van der Waals surface area (Å²) < 4.78 is 4.75. The van der Waals surface area contributed by atoms with Gasteiger partial charge in [-0.3, -0.25) is 4.79 Å². The van der Waals surface area contributed by atoms with Gasteiger partial charge in [0.2, 0.25) is 0 Å². The van der Waals surface area contributed by atoms with Crippen LogP contribution in [0, 0.1) is 0 Å². The molecule has 4 N–H and O–H groups in total. The molecule has 5 nitrogen and oxygen atoms in total. The van der Waals surface area contributed by atoms with Crippen LogP contribution in [0.4, 0.5) is 0 Å². The summed E-state index contributed by atoms with van der Waals surface area (Å²) in [5.41, 5.74) is 6.23. The van der Waals surface area contributed by atoms with E-state index in [-0.39, 0.29) is 30.3 Å². The zero-order chi connectivity index (χ0) is 12.1. The van der Waals surface area contributed by atoms with Crippen molar-refractivity contribution in [3.8, 4) is 11.5 Å². The van der Waals surface area contributed by atoms with Crippen molar-refractivity contribution < 1.29 is 19.7 Å². The Morgan fingerprint density at radius 1 is 1.35 bits per heavy atom. The van der Waals surface area contributed by atoms with E-state index in [1.807, 2.05) is 0 Å². The smallest absolute Gasteiger partial charge is 0.307 e. The summed E-state index contributed by atoms with van der Waals surface area (Å²) in [6, 6.07) is 3.41. The predicted molar refractivity (Wildman–Crippen MR) is 65.2 cm³/mol. The molecule has 0 aliphatic carbocycles. The number of rotatable bonds is 4. The molecule has 0 fully saturated rings. The van der Waals surface area contributed by atoms with Gasteiger partial charge in [0, 0.05) is 12.1 Å². The molecule has 0 aliphatic rings. The standard InChI is InChI=1S/C11H15NO4.ClH/c1-2-16-11(15)6-10(12)7-3-8(13)5-9(14)4-7;/h3-5,10,13-14H,2,6,12H2,1H3;1H/t10-;/m1./s1. The van der Waals surface area contributed by atoms with Gasteiger partial charge in [-0.1, -0.05) is 0 Å². The number of ether oxygens (including phenoxy) is 1. The zero-order valence-electron chi connectivity index (χ0n) is 9.42. The number of carbonyl (C=O) groups excluding carboxylic acids is 1. The van der Waals surface area contributed by atoms with Crippen LogP contribution in [0.2, 0.25) is 0 Å². The number of hydrogen-bond donors (Lipinski definition) is 3. The molecular weight excluding hydrogens is 246 g/mol. The van der Waals surface area contributed by atoms with E-state index in [4.69, 9.17) is 10.5 Å². The third kappa shape index (κ3) is 4.93. The highest BCUT2D eigenvalue weighted by atomic mass is 35.5. The molecule has 96 valence electrons. The SMILES string of the molecule is CCOC(=O)C[C@@H](N)c1cc(O)cc(O)c1.Cl. The summed E-state index contributed by atoms with van der Waals surface area (Å²) in [5.74, 6) is -0.582. The molecule has 0 bridgehead atoms. The van der Waals surface area contributed by atoms with Crippen LogP contribution >= 0.6 is 12.4 Å². The molecule has 0 aromatic heterocycles. The molecule has 1 rings (SSSR count). The molecule has 0 saturated carbocycles. The van der Waals surface area contributed by atoms with E-state index < -0.39 is 12.0 Å². The lowest BCUT2D eigenvalue weighted by Gasteiger charge is -2.11. The molecule has 0 aliphatic heterocycles. The van der Waals surface area contributed by atoms with E-state index in [1.54, 1.807) is 6.92 Å². The second-order valence-corrected chi connectivity index (χ2v) is 3.40. The fourth-order valence-corrected chi connectivity index (χ4v) is 1.35. The van der Waals surface area contributed by atoms with Crippen LogP contribution in [-0.4, -0.2) is 22.8 Å². The van der Waals surface area contributed by atoms with Crippen molar-refractivity contribution >= 4 is 18.4 Å². The number of hydrogen-bond acceptors (Lipinski definition) is 5. The monoisotopic (exact) mass is 261 g/mol. The lowest BCUT2D eigenvalue weighted by molar-refractivity contribution is -0.143. The van der Waals surface area contributed by atoms with Crippen molar-refractivity contribution in [2.24, 2.45) is 5.73 Å². The van der Waals surface area contributed by atoms with Crippen LogP contribution in [-0.2, 0) is 9.53 Å². The summed E-state index contributed by atoms with van der Waals surface area (Å²) >= 11 is 0. The first-order valence-electron chi connectivity index (χ1n) is 4.97. The first-order valence-corrected chi connectivity index (χ1v) is 4.97. The third-order valence-corrected chi connectivity index (χ3v) is 2.04. The van der Waals surface area contributed by atoms with E-state index in [0.29, 0.717) is 12.2 Å². The highest BCUT2D eigenvalue weighted by Gasteiger charge is 2.13. The number of nitrogens with two attached hydrogens (primary N) is 1. The Labute approximate surface area is 106 Å². The van der Waals surface area contributed by atoms with Crippen LogP contribution < -0.4 is 5.73 Å². The molecule has 0 radical (unpaired) electrons. The Morgan fingerprint density at radius 2 is 1.88 bits per heavy atom. The van der Waals surface area contributed by atoms with Crippen molar-refractivity contribution in [1.29, 1.82) is 0 Å². The second kappa shape index (κ2) is 6.98. The van der Waals surface area contributed by atoms with Crippen molar-refractivity contribution in [3.05, 3.63) is 23.8 Å². The minimum atomic E-state index is -0.600. The average molecular weight is 262 g/mol. The maximum Gasteiger partial charge on any atom is 0.307 e. The summed E-state index contributed by atoms with van der Waals surface area (Å²) in [7, 11) is 0. The van der Waals surface area contributed by atoms with Gasteiger partial charge in [0.05, 0.1) is 13.0 Å². The lowest BCUT2D eigenvalue weighted by atomic mass is 10.0. The highest BCUT2D eigenvalue weighted by molar-refractivity contribution is 5.85. The third-order valence-electron chi connectivity index (χ3n) is 2.04. The van der Waals surface area contributed by atoms with E-state index in [0.717, 1.165) is 0 Å². The summed E-state index contributed by atoms with van der Waals surface area (Å²) in [6.45, 7) is 2.01. The Bertz CT molecular complexity index is 363. The van der Waals surface area contributed by atoms with Gasteiger partial charge in [-0.25, -0.2) is 0 Å². The Morgan fingerprint density at radius 3 is 2.35 bits per heavy atom. The van der Waals surface area contributed by atoms with E-state index in [1.165, 1.54) is 18.2 Å². The Kier molecular flexibility index (Phi) is 6.38. The quantitative estimate of drug-likeness (QED) is 0.714. The van der Waals surface area contributed by atoms with Crippen molar-refractivity contribution in [2.75, 3.05) is 6.61 Å². The Balaban J connectivity index is 0.00000256. The van der Waals surface area contributed by atoms with Gasteiger partial charge in [-0.2, -0.15) is 0 Å². The molecule has 0 unspecified atom stereocenters. The molecular formula is C11H16ClNO4. The van der Waals surface area contributed by atoms with Crippen LogP contribution in [0.3, 0.4) is 0 Å². The lowest BCUT2D eigenvalue weighted by Crippen LogP contribution is -2.17. The minimum absolute atomic E-state index is 0. The Hall–Kier alpha value is -1.46. The van der Waals surface area contributed by atoms with Gasteiger partial charge in [-0.15, -0.1) is 12.4 Å². The van der Waals surface area contributed by atoms with Crippen LogP contribution in [0.1, 0.15) is 24.9 Å². The first-order chi connectivity index (χ1) is 7.52. The number of halogens is 1. The summed E-state index contributed by atoms with van der Waals surface area (Å²) in [5, 5.41) is 18.5. The van der Waals surface area contributed by atoms with Crippen LogP contribution in [0.15, 0.2) is 18.2 Å². The predicted octanol–water partition coefficient (Wildman–Crippen LogP) is 1.47. The molecule has 0 heterocycles. The summed E-state index contributed by atoms with van der Waals surface area (Å²) in [4.78, 5) is 11.2. The number of carbonyl (C=O) groups is 1. The number of phenolic OH excluding ortho intramolecular Hbond substituents is 2. The molecule has 0 spiro atoms. The summed E-state index contributed by atoms with van der Waals surface area (Å²) in [6.07, 6.45) is 0.0106. The fourth-order valence-electron chi connectivity index (χ4n) is 1.35. The molecule has 1 aromatic rings. The maximum absolute atomic E-state index is 11.2. The largest absolute Gasteiger partial charge is 0.508 e. The molecule has 17 heavy (non-hydrogen) atoms. The van der Waals surface area contributed by atoms with Gasteiger partial charge in [0.15, 0.2) is 0 Å². The van der Waals surface area contributed by atoms with E-state index in [2.05, 4.69) is 0 Å². The molecule has 6 heteroatoms. The van der Waals surface area contributed by atoms with Crippen molar-refractivity contribution in [2.45, 2.75) is 19.4 Å². The van der Waals surface area contributed by atoms with Crippen molar-refractivity contribution in [1.82, 2.24) is 0 Å². The number of esters is 1. The molecule has 1 atom stereocenters. The van der Waals surface area contributed by atoms with E-state index in [9.17, 15) is 15.0 Å².